The maximum absolute atomic E-state index is 11.5. The molecule has 2 unspecified atom stereocenters. The zero-order valence-electron chi connectivity index (χ0n) is 9.83. The van der Waals surface area contributed by atoms with Gasteiger partial charge in [0.05, 0.1) is 23.2 Å². The first-order valence-electron chi connectivity index (χ1n) is 5.82. The summed E-state index contributed by atoms with van der Waals surface area (Å²) in [5, 5.41) is 3.31. The van der Waals surface area contributed by atoms with E-state index in [4.69, 9.17) is 0 Å². The molecule has 2 atom stereocenters. The smallest absolute Gasteiger partial charge is 0.150 e. The average Bonchev–Trinajstić information content (AvgIpc) is 2.67. The van der Waals surface area contributed by atoms with Gasteiger partial charge in [0.1, 0.15) is 0 Å². The first kappa shape index (κ1) is 12.4. The predicted molar refractivity (Wildman–Crippen MR) is 65.2 cm³/mol. The molecule has 1 aliphatic heterocycles. The molecule has 0 amide bonds. The van der Waals surface area contributed by atoms with Gasteiger partial charge in [0, 0.05) is 18.6 Å². The summed E-state index contributed by atoms with van der Waals surface area (Å²) < 4.78 is 23.0. The normalized spacial score (nSPS) is 24.6. The Hall–Kier alpha value is -1.01. The summed E-state index contributed by atoms with van der Waals surface area (Å²) in [6.07, 6.45) is 5.68. The molecular formula is C11H17N3O2S. The SMILES string of the molecule is CCNC(c1cnccn1)C1CCS(=O)(=O)C1. The summed E-state index contributed by atoms with van der Waals surface area (Å²) in [7, 11) is -2.85. The Morgan fingerprint density at radius 2 is 2.35 bits per heavy atom. The number of nitrogens with one attached hydrogen (secondary N) is 1. The molecule has 5 nitrogen and oxygen atoms in total. The van der Waals surface area contributed by atoms with Crippen molar-refractivity contribution in [1.82, 2.24) is 15.3 Å². The summed E-state index contributed by atoms with van der Waals surface area (Å²) in [5.41, 5.74) is 0.830. The van der Waals surface area contributed by atoms with Crippen LogP contribution < -0.4 is 5.32 Å². The number of hydrogen-bond acceptors (Lipinski definition) is 5. The number of sulfone groups is 1. The van der Waals surface area contributed by atoms with Gasteiger partial charge < -0.3 is 5.32 Å². The zero-order chi connectivity index (χ0) is 12.3. The zero-order valence-corrected chi connectivity index (χ0v) is 10.7. The van der Waals surface area contributed by atoms with Crippen LogP contribution in [0.25, 0.3) is 0 Å². The van der Waals surface area contributed by atoms with Crippen molar-refractivity contribution in [1.29, 1.82) is 0 Å². The Morgan fingerprint density at radius 1 is 1.53 bits per heavy atom. The Morgan fingerprint density at radius 3 is 2.88 bits per heavy atom. The van der Waals surface area contributed by atoms with E-state index in [1.807, 2.05) is 6.92 Å². The van der Waals surface area contributed by atoms with Gasteiger partial charge in [0.2, 0.25) is 0 Å². The van der Waals surface area contributed by atoms with E-state index >= 15 is 0 Å². The molecule has 6 heteroatoms. The molecule has 1 fully saturated rings. The highest BCUT2D eigenvalue weighted by Crippen LogP contribution is 2.30. The second-order valence-electron chi connectivity index (χ2n) is 4.33. The van der Waals surface area contributed by atoms with Crippen molar-refractivity contribution < 1.29 is 8.42 Å². The molecule has 2 heterocycles. The van der Waals surface area contributed by atoms with Crippen LogP contribution in [-0.4, -0.2) is 36.4 Å². The molecule has 0 bridgehead atoms. The van der Waals surface area contributed by atoms with Crippen LogP contribution in [0.2, 0.25) is 0 Å². The van der Waals surface area contributed by atoms with Crippen LogP contribution in [-0.2, 0) is 9.84 Å². The van der Waals surface area contributed by atoms with Crippen LogP contribution in [0.15, 0.2) is 18.6 Å². The van der Waals surface area contributed by atoms with Crippen molar-refractivity contribution in [2.24, 2.45) is 5.92 Å². The Kier molecular flexibility index (Phi) is 3.73. The minimum Gasteiger partial charge on any atom is -0.309 e. The molecule has 1 aromatic heterocycles. The second-order valence-corrected chi connectivity index (χ2v) is 6.56. The molecule has 1 N–H and O–H groups in total. The fourth-order valence-electron chi connectivity index (χ4n) is 2.29. The quantitative estimate of drug-likeness (QED) is 0.851. The molecule has 17 heavy (non-hydrogen) atoms. The summed E-state index contributed by atoms with van der Waals surface area (Å²) in [5.74, 6) is 0.651. The average molecular weight is 255 g/mol. The highest BCUT2D eigenvalue weighted by molar-refractivity contribution is 7.91. The van der Waals surface area contributed by atoms with Crippen LogP contribution >= 0.6 is 0 Å². The molecule has 0 aromatic carbocycles. The van der Waals surface area contributed by atoms with Crippen LogP contribution in [0.4, 0.5) is 0 Å². The minimum absolute atomic E-state index is 0.00836. The van der Waals surface area contributed by atoms with Crippen molar-refractivity contribution in [3.05, 3.63) is 24.3 Å². The molecule has 1 aliphatic rings. The first-order chi connectivity index (χ1) is 8.12. The van der Waals surface area contributed by atoms with Crippen molar-refractivity contribution in [2.45, 2.75) is 19.4 Å². The standard InChI is InChI=1S/C11H17N3O2S/c1-2-13-11(10-7-12-4-5-14-10)9-3-6-17(15,16)8-9/h4-5,7,9,11,13H,2-3,6,8H2,1H3. The molecule has 1 saturated heterocycles. The molecule has 0 radical (unpaired) electrons. The topological polar surface area (TPSA) is 72.0 Å². The van der Waals surface area contributed by atoms with Crippen molar-refractivity contribution in [2.75, 3.05) is 18.1 Å². The highest BCUT2D eigenvalue weighted by atomic mass is 32.2. The van der Waals surface area contributed by atoms with E-state index in [-0.39, 0.29) is 17.7 Å². The lowest BCUT2D eigenvalue weighted by Crippen LogP contribution is -2.29. The summed E-state index contributed by atoms with van der Waals surface area (Å²) in [6, 6.07) is -0.00836. The van der Waals surface area contributed by atoms with Gasteiger partial charge in [0.25, 0.3) is 0 Å². The molecule has 0 spiro atoms. The number of rotatable bonds is 4. The van der Waals surface area contributed by atoms with Gasteiger partial charge in [-0.2, -0.15) is 0 Å². The van der Waals surface area contributed by atoms with Gasteiger partial charge in [-0.3, -0.25) is 9.97 Å². The number of hydrogen-bond donors (Lipinski definition) is 1. The third kappa shape index (κ3) is 3.01. The van der Waals surface area contributed by atoms with Crippen molar-refractivity contribution in [3.63, 3.8) is 0 Å². The monoisotopic (exact) mass is 255 g/mol. The Balaban J connectivity index is 2.19. The van der Waals surface area contributed by atoms with Crippen molar-refractivity contribution >= 4 is 9.84 Å². The van der Waals surface area contributed by atoms with E-state index in [0.29, 0.717) is 12.2 Å². The minimum atomic E-state index is -2.85. The lowest BCUT2D eigenvalue weighted by molar-refractivity contribution is 0.391. The summed E-state index contributed by atoms with van der Waals surface area (Å²) in [6.45, 7) is 2.80. The fourth-order valence-corrected chi connectivity index (χ4v) is 4.13. The van der Waals surface area contributed by atoms with Crippen molar-refractivity contribution in [3.8, 4) is 0 Å². The number of nitrogens with zero attached hydrogens (tertiary/aromatic N) is 2. The van der Waals surface area contributed by atoms with Crippen LogP contribution in [0.3, 0.4) is 0 Å². The Labute approximate surface area is 102 Å². The molecule has 94 valence electrons. The van der Waals surface area contributed by atoms with E-state index in [9.17, 15) is 8.42 Å². The molecule has 0 aliphatic carbocycles. The van der Waals surface area contributed by atoms with E-state index < -0.39 is 9.84 Å². The van der Waals surface area contributed by atoms with Gasteiger partial charge in [-0.1, -0.05) is 6.92 Å². The van der Waals surface area contributed by atoms with E-state index in [1.165, 1.54) is 0 Å². The predicted octanol–water partition coefficient (Wildman–Crippen LogP) is 0.562. The largest absolute Gasteiger partial charge is 0.309 e. The van der Waals surface area contributed by atoms with E-state index in [0.717, 1.165) is 12.2 Å². The van der Waals surface area contributed by atoms with Crippen LogP contribution in [0.1, 0.15) is 25.1 Å². The van der Waals surface area contributed by atoms with E-state index in [1.54, 1.807) is 18.6 Å². The maximum Gasteiger partial charge on any atom is 0.150 e. The van der Waals surface area contributed by atoms with Gasteiger partial charge >= 0.3 is 0 Å². The van der Waals surface area contributed by atoms with Gasteiger partial charge in [0.15, 0.2) is 9.84 Å². The molecule has 1 aromatic rings. The fraction of sp³-hybridized carbons (Fsp3) is 0.636. The van der Waals surface area contributed by atoms with Gasteiger partial charge in [-0.25, -0.2) is 8.42 Å². The molecule has 0 saturated carbocycles. The van der Waals surface area contributed by atoms with Gasteiger partial charge in [-0.15, -0.1) is 0 Å². The summed E-state index contributed by atoms with van der Waals surface area (Å²) in [4.78, 5) is 8.31. The maximum atomic E-state index is 11.5. The Bertz CT molecular complexity index is 461. The van der Waals surface area contributed by atoms with Crippen LogP contribution in [0, 0.1) is 5.92 Å². The van der Waals surface area contributed by atoms with Crippen LogP contribution in [0.5, 0.6) is 0 Å². The summed E-state index contributed by atoms with van der Waals surface area (Å²) >= 11 is 0. The third-order valence-electron chi connectivity index (χ3n) is 3.06. The van der Waals surface area contributed by atoms with E-state index in [2.05, 4.69) is 15.3 Å². The molecular weight excluding hydrogens is 238 g/mol. The number of aromatic nitrogens is 2. The first-order valence-corrected chi connectivity index (χ1v) is 7.64. The lowest BCUT2D eigenvalue weighted by Gasteiger charge is -2.22. The lowest BCUT2D eigenvalue weighted by atomic mass is 9.96. The highest BCUT2D eigenvalue weighted by Gasteiger charge is 2.34. The second kappa shape index (κ2) is 5.10. The third-order valence-corrected chi connectivity index (χ3v) is 4.86. The molecule has 2 rings (SSSR count). The van der Waals surface area contributed by atoms with Gasteiger partial charge in [-0.05, 0) is 18.9 Å².